The highest BCUT2D eigenvalue weighted by Crippen LogP contribution is 2.21. The highest BCUT2D eigenvalue weighted by atomic mass is 32.2. The Labute approximate surface area is 182 Å². The molecule has 0 atom stereocenters. The van der Waals surface area contributed by atoms with Gasteiger partial charge in [0.05, 0.1) is 37.0 Å². The number of fused-ring (bicyclic) bond motifs is 1. The molecule has 2 aliphatic heterocycles. The molecule has 2 aromatic heterocycles. The van der Waals surface area contributed by atoms with Crippen LogP contribution >= 0.6 is 0 Å². The van der Waals surface area contributed by atoms with Gasteiger partial charge in [0.1, 0.15) is 5.82 Å². The zero-order valence-corrected chi connectivity index (χ0v) is 18.7. The maximum absolute atomic E-state index is 12.9. The van der Waals surface area contributed by atoms with E-state index in [-0.39, 0.29) is 17.2 Å². The second-order valence-electron chi connectivity index (χ2n) is 8.10. The van der Waals surface area contributed by atoms with Crippen LogP contribution < -0.4 is 10.3 Å². The summed E-state index contributed by atoms with van der Waals surface area (Å²) in [6.07, 6.45) is 7.57. The Balaban J connectivity index is 1.38. The fraction of sp³-hybridized carbons (Fsp3) is 0.600. The number of hydrogen-bond acceptors (Lipinski definition) is 8. The van der Waals surface area contributed by atoms with E-state index in [2.05, 4.69) is 19.9 Å². The molecule has 168 valence electrons. The molecule has 2 aliphatic rings. The molecule has 0 saturated carbocycles. The van der Waals surface area contributed by atoms with Gasteiger partial charge < -0.3 is 4.74 Å². The van der Waals surface area contributed by atoms with Crippen LogP contribution in [-0.4, -0.2) is 63.1 Å². The van der Waals surface area contributed by atoms with E-state index in [1.165, 1.54) is 16.8 Å². The number of sulfonamides is 1. The summed E-state index contributed by atoms with van der Waals surface area (Å²) in [4.78, 5) is 28.3. The molecule has 11 heteroatoms. The standard InChI is InChI=1S/C20H28N6O4S/c1-3-26-19(13-24-11-16-17(12-24)22-7-6-21-16)23-10-18(20(26)27)30-14-15-4-8-25(9-5-15)31(2,28)29/h6-7,10,15H,3-5,8-9,11-14H2,1-2H3. The van der Waals surface area contributed by atoms with Crippen molar-refractivity contribution < 1.29 is 13.2 Å². The first kappa shape index (κ1) is 21.8. The van der Waals surface area contributed by atoms with Crippen molar-refractivity contribution in [2.75, 3.05) is 26.0 Å². The van der Waals surface area contributed by atoms with Crippen LogP contribution in [0.15, 0.2) is 23.4 Å². The summed E-state index contributed by atoms with van der Waals surface area (Å²) in [7, 11) is -3.15. The molecule has 10 nitrogen and oxygen atoms in total. The lowest BCUT2D eigenvalue weighted by molar-refractivity contribution is 0.182. The predicted molar refractivity (Wildman–Crippen MR) is 114 cm³/mol. The minimum atomic E-state index is -3.15. The van der Waals surface area contributed by atoms with Gasteiger partial charge in [-0.2, -0.15) is 0 Å². The lowest BCUT2D eigenvalue weighted by Crippen LogP contribution is -2.39. The lowest BCUT2D eigenvalue weighted by Gasteiger charge is -2.30. The third-order valence-corrected chi connectivity index (χ3v) is 7.21. The van der Waals surface area contributed by atoms with Gasteiger partial charge in [0.15, 0.2) is 0 Å². The summed E-state index contributed by atoms with van der Waals surface area (Å²) in [5, 5.41) is 0. The van der Waals surface area contributed by atoms with Crippen LogP contribution in [0.25, 0.3) is 0 Å². The van der Waals surface area contributed by atoms with Crippen LogP contribution in [0.2, 0.25) is 0 Å². The van der Waals surface area contributed by atoms with Gasteiger partial charge in [0, 0.05) is 45.1 Å². The van der Waals surface area contributed by atoms with Crippen LogP contribution in [0.5, 0.6) is 5.75 Å². The molecular formula is C20H28N6O4S. The zero-order valence-electron chi connectivity index (χ0n) is 17.9. The molecule has 0 aliphatic carbocycles. The zero-order chi connectivity index (χ0) is 22.0. The van der Waals surface area contributed by atoms with E-state index in [1.54, 1.807) is 17.0 Å². The van der Waals surface area contributed by atoms with E-state index in [4.69, 9.17) is 4.74 Å². The molecule has 4 rings (SSSR count). The fourth-order valence-electron chi connectivity index (χ4n) is 4.13. The Morgan fingerprint density at radius 3 is 2.32 bits per heavy atom. The summed E-state index contributed by atoms with van der Waals surface area (Å²) < 4.78 is 32.2. The molecule has 4 heterocycles. The van der Waals surface area contributed by atoms with Gasteiger partial charge in [0.25, 0.3) is 5.56 Å². The predicted octanol–water partition coefficient (Wildman–Crippen LogP) is 0.619. The molecule has 0 spiro atoms. The average molecular weight is 449 g/mol. The molecule has 31 heavy (non-hydrogen) atoms. The quantitative estimate of drug-likeness (QED) is 0.606. The van der Waals surface area contributed by atoms with E-state index in [9.17, 15) is 13.2 Å². The molecule has 0 unspecified atom stereocenters. The molecule has 1 fully saturated rings. The minimum Gasteiger partial charge on any atom is -0.486 e. The minimum absolute atomic E-state index is 0.186. The van der Waals surface area contributed by atoms with Gasteiger partial charge in [-0.15, -0.1) is 0 Å². The van der Waals surface area contributed by atoms with E-state index in [1.807, 2.05) is 6.92 Å². The third kappa shape index (κ3) is 4.94. The number of aromatic nitrogens is 4. The van der Waals surface area contributed by atoms with Crippen molar-refractivity contribution in [1.29, 1.82) is 0 Å². The first-order valence-corrected chi connectivity index (χ1v) is 12.4. The Hall–Kier alpha value is -2.37. The number of piperidine rings is 1. The first-order chi connectivity index (χ1) is 14.8. The van der Waals surface area contributed by atoms with Crippen molar-refractivity contribution in [3.63, 3.8) is 0 Å². The normalized spacial score (nSPS) is 18.3. The Kier molecular flexibility index (Phi) is 6.35. The summed E-state index contributed by atoms with van der Waals surface area (Å²) in [6.45, 7) is 5.69. The van der Waals surface area contributed by atoms with E-state index >= 15 is 0 Å². The van der Waals surface area contributed by atoms with Gasteiger partial charge in [-0.05, 0) is 25.7 Å². The van der Waals surface area contributed by atoms with Crippen molar-refractivity contribution in [1.82, 2.24) is 28.7 Å². The van der Waals surface area contributed by atoms with Crippen LogP contribution in [0.3, 0.4) is 0 Å². The number of nitrogens with zero attached hydrogens (tertiary/aromatic N) is 6. The Bertz CT molecular complexity index is 1070. The lowest BCUT2D eigenvalue weighted by atomic mass is 9.99. The first-order valence-electron chi connectivity index (χ1n) is 10.5. The molecule has 2 aromatic rings. The highest BCUT2D eigenvalue weighted by molar-refractivity contribution is 7.88. The SMILES string of the molecule is CCn1c(CN2Cc3nccnc3C2)ncc(OCC2CCN(S(C)(=O)=O)CC2)c1=O. The van der Waals surface area contributed by atoms with Gasteiger partial charge in [0.2, 0.25) is 15.8 Å². The maximum atomic E-state index is 12.9. The van der Waals surface area contributed by atoms with Crippen molar-refractivity contribution in [3.8, 4) is 5.75 Å². The molecule has 0 bridgehead atoms. The van der Waals surface area contributed by atoms with Crippen molar-refractivity contribution in [3.05, 3.63) is 46.2 Å². The van der Waals surface area contributed by atoms with Crippen molar-refractivity contribution >= 4 is 10.0 Å². The molecule has 0 aromatic carbocycles. The van der Waals surface area contributed by atoms with Crippen LogP contribution in [0.4, 0.5) is 0 Å². The Morgan fingerprint density at radius 2 is 1.74 bits per heavy atom. The van der Waals surface area contributed by atoms with Gasteiger partial charge >= 0.3 is 0 Å². The third-order valence-electron chi connectivity index (χ3n) is 5.90. The molecule has 0 N–H and O–H groups in total. The second kappa shape index (κ2) is 9.01. The van der Waals surface area contributed by atoms with E-state index in [0.717, 1.165) is 24.2 Å². The summed E-state index contributed by atoms with van der Waals surface area (Å²) in [5.74, 6) is 1.15. The monoisotopic (exact) mass is 448 g/mol. The fourth-order valence-corrected chi connectivity index (χ4v) is 5.00. The van der Waals surface area contributed by atoms with Crippen LogP contribution in [-0.2, 0) is 36.2 Å². The van der Waals surface area contributed by atoms with Crippen molar-refractivity contribution in [2.24, 2.45) is 5.92 Å². The second-order valence-corrected chi connectivity index (χ2v) is 10.1. The van der Waals surface area contributed by atoms with E-state index < -0.39 is 10.0 Å². The highest BCUT2D eigenvalue weighted by Gasteiger charge is 2.26. The molecular weight excluding hydrogens is 420 g/mol. The van der Waals surface area contributed by atoms with Crippen molar-refractivity contribution in [2.45, 2.75) is 45.9 Å². The van der Waals surface area contributed by atoms with Gasteiger partial charge in [-0.1, -0.05) is 0 Å². The average Bonchev–Trinajstić information content (AvgIpc) is 3.15. The Morgan fingerprint density at radius 1 is 1.10 bits per heavy atom. The summed E-state index contributed by atoms with van der Waals surface area (Å²) >= 11 is 0. The molecule has 0 radical (unpaired) electrons. The number of ether oxygens (including phenoxy) is 1. The summed E-state index contributed by atoms with van der Waals surface area (Å²) in [6, 6.07) is 0. The van der Waals surface area contributed by atoms with Crippen LogP contribution in [0, 0.1) is 5.92 Å². The molecule has 0 amide bonds. The maximum Gasteiger partial charge on any atom is 0.295 e. The van der Waals surface area contributed by atoms with E-state index in [0.29, 0.717) is 51.7 Å². The van der Waals surface area contributed by atoms with Gasteiger partial charge in [-0.3, -0.25) is 24.2 Å². The summed E-state index contributed by atoms with van der Waals surface area (Å²) in [5.41, 5.74) is 1.75. The largest absolute Gasteiger partial charge is 0.486 e. The molecule has 1 saturated heterocycles. The smallest absolute Gasteiger partial charge is 0.295 e. The number of hydrogen-bond donors (Lipinski definition) is 0. The van der Waals surface area contributed by atoms with Crippen LogP contribution in [0.1, 0.15) is 37.0 Å². The number of rotatable bonds is 7. The topological polar surface area (TPSA) is 111 Å². The van der Waals surface area contributed by atoms with Gasteiger partial charge in [-0.25, -0.2) is 17.7 Å².